The van der Waals surface area contributed by atoms with Gasteiger partial charge < -0.3 is 21.2 Å². The predicted octanol–water partition coefficient (Wildman–Crippen LogP) is -0.337. The normalized spacial score (nSPS) is 26.7. The number of hydrogen-bond donors (Lipinski definition) is 3. The zero-order chi connectivity index (χ0) is 10.6. The Morgan fingerprint density at radius 1 is 1.79 bits per heavy atom. The minimum atomic E-state index is 0.0888. The molecule has 0 aliphatic carbocycles. The highest BCUT2D eigenvalue weighted by atomic mass is 16.4. The van der Waals surface area contributed by atoms with Crippen LogP contribution in [0.15, 0.2) is 5.16 Å². The van der Waals surface area contributed by atoms with Crippen molar-refractivity contribution in [3.05, 3.63) is 0 Å². The summed E-state index contributed by atoms with van der Waals surface area (Å²) in [6, 6.07) is 0.550. The summed E-state index contributed by atoms with van der Waals surface area (Å²) < 4.78 is 0. The van der Waals surface area contributed by atoms with Crippen LogP contribution >= 0.6 is 0 Å². The van der Waals surface area contributed by atoms with Crippen molar-refractivity contribution < 1.29 is 5.21 Å². The third-order valence-electron chi connectivity index (χ3n) is 2.72. The molecule has 4 N–H and O–H groups in total. The van der Waals surface area contributed by atoms with E-state index in [4.69, 9.17) is 10.9 Å². The van der Waals surface area contributed by atoms with E-state index >= 15 is 0 Å². The van der Waals surface area contributed by atoms with Gasteiger partial charge in [-0.2, -0.15) is 0 Å². The topological polar surface area (TPSA) is 73.9 Å². The molecule has 5 nitrogen and oxygen atoms in total. The van der Waals surface area contributed by atoms with E-state index in [9.17, 15) is 0 Å². The van der Waals surface area contributed by atoms with Crippen molar-refractivity contribution in [1.29, 1.82) is 0 Å². The Morgan fingerprint density at radius 3 is 3.00 bits per heavy atom. The van der Waals surface area contributed by atoms with Crippen molar-refractivity contribution in [2.24, 2.45) is 16.8 Å². The van der Waals surface area contributed by atoms with E-state index in [1.165, 1.54) is 6.42 Å². The molecule has 0 spiro atoms. The molecule has 1 aliphatic rings. The van der Waals surface area contributed by atoms with Gasteiger partial charge in [0.1, 0.15) is 5.84 Å². The summed E-state index contributed by atoms with van der Waals surface area (Å²) in [6.45, 7) is 4.95. The van der Waals surface area contributed by atoms with Crippen molar-refractivity contribution in [2.75, 3.05) is 26.7 Å². The lowest BCUT2D eigenvalue weighted by molar-refractivity contribution is 0.313. The van der Waals surface area contributed by atoms with Crippen LogP contribution in [0.1, 0.15) is 13.3 Å². The van der Waals surface area contributed by atoms with Crippen LogP contribution in [-0.4, -0.2) is 48.7 Å². The average molecular weight is 200 g/mol. The first-order valence-electron chi connectivity index (χ1n) is 5.02. The summed E-state index contributed by atoms with van der Waals surface area (Å²) in [5.74, 6) is 0.384. The van der Waals surface area contributed by atoms with Gasteiger partial charge in [-0.25, -0.2) is 0 Å². The SMILES string of the molecule is CC(CNC1CCN(C)C1)C(N)=NO. The van der Waals surface area contributed by atoms with Crippen LogP contribution < -0.4 is 11.1 Å². The van der Waals surface area contributed by atoms with Crippen LogP contribution in [0.2, 0.25) is 0 Å². The van der Waals surface area contributed by atoms with Gasteiger partial charge in [0.2, 0.25) is 0 Å². The second-order valence-corrected chi connectivity index (χ2v) is 4.08. The zero-order valence-corrected chi connectivity index (χ0v) is 8.90. The first-order valence-corrected chi connectivity index (χ1v) is 5.02. The number of hydrogen-bond acceptors (Lipinski definition) is 4. The number of likely N-dealkylation sites (N-methyl/N-ethyl adjacent to an activating group) is 1. The standard InChI is InChI=1S/C9H20N4O/c1-7(9(10)12-14)5-11-8-3-4-13(2)6-8/h7-8,11,14H,3-6H2,1-2H3,(H2,10,12). The van der Waals surface area contributed by atoms with E-state index < -0.39 is 0 Å². The molecule has 0 aromatic rings. The largest absolute Gasteiger partial charge is 0.409 e. The number of rotatable bonds is 4. The van der Waals surface area contributed by atoms with Crippen molar-refractivity contribution in [3.8, 4) is 0 Å². The summed E-state index contributed by atoms with van der Waals surface area (Å²) in [7, 11) is 2.12. The van der Waals surface area contributed by atoms with E-state index in [1.807, 2.05) is 6.92 Å². The van der Waals surface area contributed by atoms with Crippen molar-refractivity contribution in [2.45, 2.75) is 19.4 Å². The Hall–Kier alpha value is -0.810. The van der Waals surface area contributed by atoms with Gasteiger partial charge in [-0.1, -0.05) is 12.1 Å². The van der Waals surface area contributed by atoms with Crippen LogP contribution in [0.5, 0.6) is 0 Å². The van der Waals surface area contributed by atoms with Gasteiger partial charge in [0.25, 0.3) is 0 Å². The molecule has 82 valence electrons. The second-order valence-electron chi connectivity index (χ2n) is 4.08. The number of nitrogens with zero attached hydrogens (tertiary/aromatic N) is 2. The molecule has 1 heterocycles. The quantitative estimate of drug-likeness (QED) is 0.251. The Balaban J connectivity index is 2.20. The smallest absolute Gasteiger partial charge is 0.143 e. The second kappa shape index (κ2) is 5.17. The highest BCUT2D eigenvalue weighted by Gasteiger charge is 2.19. The third-order valence-corrected chi connectivity index (χ3v) is 2.72. The van der Waals surface area contributed by atoms with E-state index in [2.05, 4.69) is 22.4 Å². The van der Waals surface area contributed by atoms with Gasteiger partial charge in [0.15, 0.2) is 0 Å². The lowest BCUT2D eigenvalue weighted by Crippen LogP contribution is -2.38. The number of nitrogens with two attached hydrogens (primary N) is 1. The maximum absolute atomic E-state index is 8.47. The van der Waals surface area contributed by atoms with Crippen molar-refractivity contribution >= 4 is 5.84 Å². The van der Waals surface area contributed by atoms with Crippen LogP contribution in [0.3, 0.4) is 0 Å². The lowest BCUT2D eigenvalue weighted by atomic mass is 10.1. The Morgan fingerprint density at radius 2 is 2.50 bits per heavy atom. The molecular weight excluding hydrogens is 180 g/mol. The zero-order valence-electron chi connectivity index (χ0n) is 8.90. The lowest BCUT2D eigenvalue weighted by Gasteiger charge is -2.16. The summed E-state index contributed by atoms with van der Waals surface area (Å²) in [4.78, 5) is 2.30. The van der Waals surface area contributed by atoms with E-state index in [-0.39, 0.29) is 5.92 Å². The Kier molecular flexibility index (Phi) is 4.16. The predicted molar refractivity (Wildman–Crippen MR) is 56.5 cm³/mol. The molecule has 0 saturated carbocycles. The molecule has 14 heavy (non-hydrogen) atoms. The molecule has 1 saturated heterocycles. The van der Waals surface area contributed by atoms with E-state index in [0.717, 1.165) is 19.6 Å². The molecule has 0 aromatic carbocycles. The molecule has 2 unspecified atom stereocenters. The van der Waals surface area contributed by atoms with Crippen molar-refractivity contribution in [3.63, 3.8) is 0 Å². The van der Waals surface area contributed by atoms with Gasteiger partial charge in [0.05, 0.1) is 0 Å². The molecule has 1 rings (SSSR count). The maximum Gasteiger partial charge on any atom is 0.143 e. The molecule has 1 aliphatic heterocycles. The molecule has 0 amide bonds. The Bertz CT molecular complexity index is 207. The van der Waals surface area contributed by atoms with Crippen LogP contribution in [0.25, 0.3) is 0 Å². The van der Waals surface area contributed by atoms with Crippen LogP contribution in [0.4, 0.5) is 0 Å². The van der Waals surface area contributed by atoms with Gasteiger partial charge in [-0.3, -0.25) is 0 Å². The van der Waals surface area contributed by atoms with Gasteiger partial charge in [-0.05, 0) is 20.0 Å². The molecule has 5 heteroatoms. The molecule has 0 aromatic heterocycles. The summed E-state index contributed by atoms with van der Waals surface area (Å²) in [5.41, 5.74) is 5.48. The minimum absolute atomic E-state index is 0.0888. The number of oxime groups is 1. The first kappa shape index (κ1) is 11.3. The molecular formula is C9H20N4O. The fourth-order valence-electron chi connectivity index (χ4n) is 1.65. The minimum Gasteiger partial charge on any atom is -0.409 e. The van der Waals surface area contributed by atoms with Gasteiger partial charge in [-0.15, -0.1) is 0 Å². The van der Waals surface area contributed by atoms with Crippen LogP contribution in [-0.2, 0) is 0 Å². The van der Waals surface area contributed by atoms with Gasteiger partial charge in [0, 0.05) is 25.0 Å². The van der Waals surface area contributed by atoms with E-state index in [1.54, 1.807) is 0 Å². The Labute approximate surface area is 84.9 Å². The third kappa shape index (κ3) is 3.16. The van der Waals surface area contributed by atoms with Crippen molar-refractivity contribution in [1.82, 2.24) is 10.2 Å². The number of amidine groups is 1. The molecule has 1 fully saturated rings. The highest BCUT2D eigenvalue weighted by Crippen LogP contribution is 2.06. The molecule has 0 bridgehead atoms. The summed E-state index contributed by atoms with van der Waals surface area (Å²) in [5, 5.41) is 14.9. The molecule has 0 radical (unpaired) electrons. The van der Waals surface area contributed by atoms with Gasteiger partial charge >= 0.3 is 0 Å². The first-order chi connectivity index (χ1) is 6.63. The fraction of sp³-hybridized carbons (Fsp3) is 0.889. The molecule has 2 atom stereocenters. The average Bonchev–Trinajstić information content (AvgIpc) is 2.59. The number of nitrogens with one attached hydrogen (secondary N) is 1. The summed E-state index contributed by atoms with van der Waals surface area (Å²) >= 11 is 0. The van der Waals surface area contributed by atoms with Crippen LogP contribution in [0, 0.1) is 5.92 Å². The van der Waals surface area contributed by atoms with E-state index in [0.29, 0.717) is 11.9 Å². The highest BCUT2D eigenvalue weighted by molar-refractivity contribution is 5.82. The summed E-state index contributed by atoms with van der Waals surface area (Å²) in [6.07, 6.45) is 1.18. The number of likely N-dealkylation sites (tertiary alicyclic amines) is 1. The monoisotopic (exact) mass is 200 g/mol. The maximum atomic E-state index is 8.47. The fourth-order valence-corrected chi connectivity index (χ4v) is 1.65.